The number of carbonyl (C=O) groups excluding carboxylic acids is 2. The van der Waals surface area contributed by atoms with Crippen molar-refractivity contribution < 1.29 is 18.0 Å². The maximum absolute atomic E-state index is 13.3. The molecule has 0 bridgehead atoms. The highest BCUT2D eigenvalue weighted by atomic mass is 32.2. The SMILES string of the molecule is CC1CCN(S(=O)(=O)c2ccc3c(c2)N(CC(=O)NC2CCCCC2)C(=O)CCS3)CC1. The zero-order chi connectivity index (χ0) is 22.7. The Kier molecular flexibility index (Phi) is 7.47. The van der Waals surface area contributed by atoms with E-state index < -0.39 is 10.0 Å². The predicted molar refractivity (Wildman–Crippen MR) is 126 cm³/mol. The Labute approximate surface area is 195 Å². The number of piperidine rings is 1. The number of carbonyl (C=O) groups is 2. The Morgan fingerprint density at radius 2 is 1.84 bits per heavy atom. The van der Waals surface area contributed by atoms with Crippen LogP contribution in [0.2, 0.25) is 0 Å². The zero-order valence-corrected chi connectivity index (χ0v) is 20.3. The van der Waals surface area contributed by atoms with Crippen molar-refractivity contribution in [1.82, 2.24) is 9.62 Å². The van der Waals surface area contributed by atoms with E-state index in [-0.39, 0.29) is 29.3 Å². The largest absolute Gasteiger partial charge is 0.352 e. The first-order chi connectivity index (χ1) is 15.3. The van der Waals surface area contributed by atoms with Crippen molar-refractivity contribution in [3.05, 3.63) is 18.2 Å². The molecule has 1 N–H and O–H groups in total. The highest BCUT2D eigenvalue weighted by Crippen LogP contribution is 2.37. The predicted octanol–water partition coefficient (Wildman–Crippen LogP) is 3.38. The van der Waals surface area contributed by atoms with Crippen molar-refractivity contribution in [2.75, 3.05) is 30.3 Å². The van der Waals surface area contributed by atoms with Gasteiger partial charge in [-0.3, -0.25) is 9.59 Å². The first-order valence-corrected chi connectivity index (χ1v) is 14.1. The maximum atomic E-state index is 13.3. The fourth-order valence-corrected chi connectivity index (χ4v) is 7.19. The van der Waals surface area contributed by atoms with Gasteiger partial charge in [-0.15, -0.1) is 11.8 Å². The molecule has 9 heteroatoms. The highest BCUT2D eigenvalue weighted by Gasteiger charge is 2.31. The second-order valence-electron chi connectivity index (χ2n) is 9.20. The Balaban J connectivity index is 1.57. The minimum Gasteiger partial charge on any atom is -0.352 e. The van der Waals surface area contributed by atoms with E-state index in [4.69, 9.17) is 0 Å². The summed E-state index contributed by atoms with van der Waals surface area (Å²) in [7, 11) is -3.64. The van der Waals surface area contributed by atoms with Crippen molar-refractivity contribution in [2.45, 2.75) is 74.1 Å². The van der Waals surface area contributed by atoms with Crippen LogP contribution in [0.3, 0.4) is 0 Å². The molecule has 1 saturated heterocycles. The van der Waals surface area contributed by atoms with Gasteiger partial charge < -0.3 is 10.2 Å². The molecule has 0 aromatic heterocycles. The van der Waals surface area contributed by atoms with Crippen LogP contribution in [0.5, 0.6) is 0 Å². The molecule has 4 rings (SSSR count). The lowest BCUT2D eigenvalue weighted by atomic mass is 9.95. The smallest absolute Gasteiger partial charge is 0.243 e. The van der Waals surface area contributed by atoms with Crippen molar-refractivity contribution in [3.8, 4) is 0 Å². The number of nitrogens with one attached hydrogen (secondary N) is 1. The van der Waals surface area contributed by atoms with E-state index in [0.717, 1.165) is 43.4 Å². The molecule has 176 valence electrons. The highest BCUT2D eigenvalue weighted by molar-refractivity contribution is 7.99. The van der Waals surface area contributed by atoms with Gasteiger partial charge in [-0.25, -0.2) is 8.42 Å². The first kappa shape index (κ1) is 23.6. The van der Waals surface area contributed by atoms with Crippen LogP contribution in [0.1, 0.15) is 58.3 Å². The van der Waals surface area contributed by atoms with Crippen LogP contribution in [0.25, 0.3) is 0 Å². The molecule has 1 aromatic rings. The van der Waals surface area contributed by atoms with Gasteiger partial charge in [0.05, 0.1) is 10.6 Å². The lowest BCUT2D eigenvalue weighted by Gasteiger charge is -2.30. The van der Waals surface area contributed by atoms with Crippen LogP contribution >= 0.6 is 11.8 Å². The minimum atomic E-state index is -3.64. The molecule has 1 aromatic carbocycles. The second-order valence-corrected chi connectivity index (χ2v) is 12.3. The minimum absolute atomic E-state index is 0.0758. The summed E-state index contributed by atoms with van der Waals surface area (Å²) in [5.41, 5.74) is 0.530. The van der Waals surface area contributed by atoms with Crippen LogP contribution in [-0.4, -0.2) is 56.0 Å². The van der Waals surface area contributed by atoms with Gasteiger partial charge in [0.15, 0.2) is 0 Å². The molecule has 32 heavy (non-hydrogen) atoms. The molecule has 1 aliphatic carbocycles. The summed E-state index contributed by atoms with van der Waals surface area (Å²) in [6, 6.07) is 5.17. The molecule has 0 atom stereocenters. The van der Waals surface area contributed by atoms with Gasteiger partial charge in [0.25, 0.3) is 0 Å². The number of amides is 2. The third-order valence-electron chi connectivity index (χ3n) is 6.75. The number of nitrogens with zero attached hydrogens (tertiary/aromatic N) is 2. The quantitative estimate of drug-likeness (QED) is 0.700. The van der Waals surface area contributed by atoms with Crippen LogP contribution in [0.15, 0.2) is 28.0 Å². The number of benzene rings is 1. The molecule has 2 aliphatic heterocycles. The molecule has 0 radical (unpaired) electrons. The van der Waals surface area contributed by atoms with E-state index in [2.05, 4.69) is 12.2 Å². The molecule has 3 aliphatic rings. The third-order valence-corrected chi connectivity index (χ3v) is 9.71. The summed E-state index contributed by atoms with van der Waals surface area (Å²) < 4.78 is 28.1. The van der Waals surface area contributed by atoms with Gasteiger partial charge in [0.2, 0.25) is 21.8 Å². The van der Waals surface area contributed by atoms with Crippen LogP contribution in [-0.2, 0) is 19.6 Å². The second kappa shape index (κ2) is 10.1. The van der Waals surface area contributed by atoms with Crippen molar-refractivity contribution in [1.29, 1.82) is 0 Å². The molecule has 2 fully saturated rings. The standard InChI is InChI=1S/C23H33N3O4S2/c1-17-9-12-25(13-10-17)32(29,30)19-7-8-21-20(15-19)26(23(28)11-14-31-21)16-22(27)24-18-5-3-2-4-6-18/h7-8,15,17-18H,2-6,9-14,16H2,1H3,(H,24,27). The molecule has 2 heterocycles. The Hall–Kier alpha value is -1.58. The Bertz CT molecular complexity index is 952. The lowest BCUT2D eigenvalue weighted by molar-refractivity contribution is -0.124. The summed E-state index contributed by atoms with van der Waals surface area (Å²) in [4.78, 5) is 28.2. The normalized spacial score (nSPS) is 21.8. The van der Waals surface area contributed by atoms with Crippen molar-refractivity contribution in [3.63, 3.8) is 0 Å². The van der Waals surface area contributed by atoms with E-state index in [0.29, 0.717) is 36.9 Å². The topological polar surface area (TPSA) is 86.8 Å². The first-order valence-electron chi connectivity index (χ1n) is 11.7. The summed E-state index contributed by atoms with van der Waals surface area (Å²) in [5.74, 6) is 0.821. The molecule has 0 unspecified atom stereocenters. The average molecular weight is 480 g/mol. The number of thioether (sulfide) groups is 1. The average Bonchev–Trinajstić information content (AvgIpc) is 2.93. The fourth-order valence-electron chi connectivity index (χ4n) is 4.72. The van der Waals surface area contributed by atoms with Gasteiger partial charge >= 0.3 is 0 Å². The van der Waals surface area contributed by atoms with E-state index >= 15 is 0 Å². The van der Waals surface area contributed by atoms with Gasteiger partial charge in [-0.05, 0) is 49.8 Å². The number of anilines is 1. The number of hydrogen-bond acceptors (Lipinski definition) is 5. The van der Waals surface area contributed by atoms with Crippen molar-refractivity contribution in [2.24, 2.45) is 5.92 Å². The molecular formula is C23H33N3O4S2. The maximum Gasteiger partial charge on any atom is 0.243 e. The third kappa shape index (κ3) is 5.31. The fraction of sp³-hybridized carbons (Fsp3) is 0.652. The zero-order valence-electron chi connectivity index (χ0n) is 18.7. The summed E-state index contributed by atoms with van der Waals surface area (Å²) >= 11 is 1.53. The number of hydrogen-bond donors (Lipinski definition) is 1. The molecule has 7 nitrogen and oxygen atoms in total. The Morgan fingerprint density at radius 3 is 2.56 bits per heavy atom. The van der Waals surface area contributed by atoms with Gasteiger partial charge in [0, 0.05) is 36.2 Å². The summed E-state index contributed by atoms with van der Waals surface area (Å²) in [6.07, 6.45) is 7.41. The molecule has 0 spiro atoms. The molecular weight excluding hydrogens is 446 g/mol. The Morgan fingerprint density at radius 1 is 1.12 bits per heavy atom. The lowest BCUT2D eigenvalue weighted by Crippen LogP contribution is -2.45. The van der Waals surface area contributed by atoms with Crippen molar-refractivity contribution >= 4 is 39.3 Å². The van der Waals surface area contributed by atoms with Crippen LogP contribution < -0.4 is 10.2 Å². The van der Waals surface area contributed by atoms with E-state index in [1.807, 2.05) is 0 Å². The van der Waals surface area contributed by atoms with E-state index in [1.165, 1.54) is 23.1 Å². The van der Waals surface area contributed by atoms with Gasteiger partial charge in [-0.1, -0.05) is 26.2 Å². The van der Waals surface area contributed by atoms with Gasteiger partial charge in [0.1, 0.15) is 6.54 Å². The van der Waals surface area contributed by atoms with E-state index in [9.17, 15) is 18.0 Å². The molecule has 2 amide bonds. The summed E-state index contributed by atoms with van der Waals surface area (Å²) in [5, 5.41) is 3.07. The molecule has 1 saturated carbocycles. The van der Waals surface area contributed by atoms with Gasteiger partial charge in [-0.2, -0.15) is 4.31 Å². The van der Waals surface area contributed by atoms with E-state index in [1.54, 1.807) is 22.5 Å². The van der Waals surface area contributed by atoms with Crippen LogP contribution in [0, 0.1) is 5.92 Å². The van der Waals surface area contributed by atoms with Crippen LogP contribution in [0.4, 0.5) is 5.69 Å². The number of fused-ring (bicyclic) bond motifs is 1. The number of sulfonamides is 1. The summed E-state index contributed by atoms with van der Waals surface area (Å²) in [6.45, 7) is 3.10. The number of rotatable bonds is 5. The monoisotopic (exact) mass is 479 g/mol.